The Balaban J connectivity index is 1.68. The van der Waals surface area contributed by atoms with Gasteiger partial charge in [0.15, 0.2) is 5.82 Å². The summed E-state index contributed by atoms with van der Waals surface area (Å²) in [6, 6.07) is 15.5. The molecular weight excluding hydrogens is 452 g/mol. The first kappa shape index (κ1) is 21.6. The Morgan fingerprint density at radius 1 is 0.938 bits per heavy atom. The molecule has 2 aromatic heterocycles. The van der Waals surface area contributed by atoms with Crippen molar-refractivity contribution in [2.45, 2.75) is 6.92 Å². The van der Waals surface area contributed by atoms with Gasteiger partial charge >= 0.3 is 0 Å². The van der Waals surface area contributed by atoms with Crippen molar-refractivity contribution in [3.63, 3.8) is 0 Å². The summed E-state index contributed by atoms with van der Waals surface area (Å²) in [5.41, 5.74) is 4.83. The Kier molecular flexibility index (Phi) is 6.53. The summed E-state index contributed by atoms with van der Waals surface area (Å²) in [5, 5.41) is 7.76. The maximum Gasteiger partial charge on any atom is 0.248 e. The number of anilines is 3. The van der Waals surface area contributed by atoms with E-state index in [-0.39, 0.29) is 28.3 Å². The molecule has 0 radical (unpaired) electrons. The zero-order chi connectivity index (χ0) is 22.5. The summed E-state index contributed by atoms with van der Waals surface area (Å²) in [6.45, 7) is 2.00. The van der Waals surface area contributed by atoms with Crippen molar-refractivity contribution < 1.29 is 4.39 Å². The predicted molar refractivity (Wildman–Crippen MR) is 125 cm³/mol. The number of nitrogens with zero attached hydrogens (tertiary/aromatic N) is 5. The highest BCUT2D eigenvalue weighted by molar-refractivity contribution is 6.33. The van der Waals surface area contributed by atoms with Gasteiger partial charge in [-0.15, -0.1) is 0 Å². The van der Waals surface area contributed by atoms with Crippen LogP contribution < -0.4 is 10.7 Å². The Morgan fingerprint density at radius 3 is 2.44 bits per heavy atom. The van der Waals surface area contributed by atoms with Gasteiger partial charge in [-0.1, -0.05) is 59.1 Å². The van der Waals surface area contributed by atoms with Crippen molar-refractivity contribution in [3.8, 4) is 11.4 Å². The molecule has 0 aliphatic rings. The lowest BCUT2D eigenvalue weighted by molar-refractivity contribution is 0.630. The van der Waals surface area contributed by atoms with E-state index in [0.717, 1.165) is 11.1 Å². The molecule has 4 aromatic rings. The fourth-order valence-electron chi connectivity index (χ4n) is 2.69. The highest BCUT2D eigenvalue weighted by Gasteiger charge is 2.16. The maximum atomic E-state index is 14.5. The van der Waals surface area contributed by atoms with Gasteiger partial charge in [-0.2, -0.15) is 20.1 Å². The minimum absolute atomic E-state index is 0.0348. The number of hydrogen-bond acceptors (Lipinski definition) is 7. The van der Waals surface area contributed by atoms with Crippen molar-refractivity contribution in [2.75, 3.05) is 10.7 Å². The largest absolute Gasteiger partial charge is 0.309 e. The Morgan fingerprint density at radius 2 is 1.72 bits per heavy atom. The lowest BCUT2D eigenvalue weighted by atomic mass is 10.2. The fourth-order valence-corrected chi connectivity index (χ4v) is 3.05. The first-order valence-electron chi connectivity index (χ1n) is 9.43. The molecule has 0 saturated heterocycles. The van der Waals surface area contributed by atoms with Crippen LogP contribution in [0, 0.1) is 12.7 Å². The van der Waals surface area contributed by atoms with Crippen molar-refractivity contribution in [1.29, 1.82) is 0 Å². The summed E-state index contributed by atoms with van der Waals surface area (Å²) in [5.74, 6) is 0.132. The van der Waals surface area contributed by atoms with E-state index in [1.54, 1.807) is 24.4 Å². The van der Waals surface area contributed by atoms with Crippen LogP contribution >= 0.6 is 23.2 Å². The zero-order valence-corrected chi connectivity index (χ0v) is 18.2. The highest BCUT2D eigenvalue weighted by atomic mass is 35.5. The zero-order valence-electron chi connectivity index (χ0n) is 16.7. The molecule has 2 aromatic carbocycles. The van der Waals surface area contributed by atoms with Gasteiger partial charge in [0.05, 0.1) is 21.8 Å². The molecule has 0 spiro atoms. The standard InChI is InChI=1S/C22H16Cl2FN7/c1-13-5-7-14(8-6-13)11-27-32-22-30-20(19-16(24)3-2-4-17(19)25)29-21(31-22)28-18-10-9-15(23)12-26-18/h2-12H,1H3,(H2,26,28,29,30,31,32)/b27-11+. The van der Waals surface area contributed by atoms with Crippen molar-refractivity contribution >= 4 is 47.1 Å². The van der Waals surface area contributed by atoms with Crippen LogP contribution in [-0.4, -0.2) is 26.2 Å². The monoisotopic (exact) mass is 467 g/mol. The van der Waals surface area contributed by atoms with Crippen LogP contribution in [0.25, 0.3) is 11.4 Å². The van der Waals surface area contributed by atoms with Crippen molar-refractivity contribution in [3.05, 3.63) is 87.8 Å². The second-order valence-electron chi connectivity index (χ2n) is 6.67. The van der Waals surface area contributed by atoms with Gasteiger partial charge in [-0.25, -0.2) is 14.8 Å². The normalized spacial score (nSPS) is 11.0. The Hall–Kier alpha value is -3.62. The van der Waals surface area contributed by atoms with E-state index >= 15 is 0 Å². The SMILES string of the molecule is Cc1ccc(/C=N/Nc2nc(Nc3ccc(Cl)cn3)nc(-c3c(F)cccc3Cl)n2)cc1. The fraction of sp³-hybridized carbons (Fsp3) is 0.0455. The van der Waals surface area contributed by atoms with Gasteiger partial charge in [0.25, 0.3) is 0 Å². The molecule has 32 heavy (non-hydrogen) atoms. The number of benzene rings is 2. The molecule has 0 atom stereocenters. The third kappa shape index (κ3) is 5.35. The van der Waals surface area contributed by atoms with E-state index in [1.807, 2.05) is 31.2 Å². The second kappa shape index (κ2) is 9.67. The van der Waals surface area contributed by atoms with Gasteiger partial charge in [-0.3, -0.25) is 0 Å². The molecule has 0 bridgehead atoms. The average Bonchev–Trinajstić information content (AvgIpc) is 2.77. The molecule has 2 N–H and O–H groups in total. The number of hydrazone groups is 1. The lowest BCUT2D eigenvalue weighted by Crippen LogP contribution is -2.07. The molecule has 0 unspecified atom stereocenters. The third-order valence-electron chi connectivity index (χ3n) is 4.24. The summed E-state index contributed by atoms with van der Waals surface area (Å²) in [6.07, 6.45) is 3.09. The minimum atomic E-state index is -0.562. The molecule has 160 valence electrons. The molecule has 0 saturated carbocycles. The summed E-state index contributed by atoms with van der Waals surface area (Å²) in [4.78, 5) is 17.0. The Labute approximate surface area is 193 Å². The molecule has 0 fully saturated rings. The summed E-state index contributed by atoms with van der Waals surface area (Å²) < 4.78 is 14.5. The topological polar surface area (TPSA) is 88.0 Å². The van der Waals surface area contributed by atoms with Gasteiger partial charge in [0, 0.05) is 6.20 Å². The molecule has 0 aliphatic heterocycles. The van der Waals surface area contributed by atoms with Crippen LogP contribution in [0.2, 0.25) is 10.0 Å². The minimum Gasteiger partial charge on any atom is -0.309 e. The van der Waals surface area contributed by atoms with E-state index in [9.17, 15) is 4.39 Å². The van der Waals surface area contributed by atoms with Crippen molar-refractivity contribution in [1.82, 2.24) is 19.9 Å². The van der Waals surface area contributed by atoms with E-state index in [0.29, 0.717) is 10.8 Å². The first-order chi connectivity index (χ1) is 15.5. The molecule has 0 amide bonds. The quantitative estimate of drug-likeness (QED) is 0.272. The highest BCUT2D eigenvalue weighted by Crippen LogP contribution is 2.29. The van der Waals surface area contributed by atoms with Crippen LogP contribution in [0.1, 0.15) is 11.1 Å². The number of rotatable bonds is 6. The van der Waals surface area contributed by atoms with E-state index in [1.165, 1.54) is 18.3 Å². The van der Waals surface area contributed by atoms with Crippen LogP contribution in [-0.2, 0) is 0 Å². The van der Waals surface area contributed by atoms with Crippen LogP contribution in [0.5, 0.6) is 0 Å². The van der Waals surface area contributed by atoms with Gasteiger partial charge in [0.1, 0.15) is 11.6 Å². The first-order valence-corrected chi connectivity index (χ1v) is 10.2. The second-order valence-corrected chi connectivity index (χ2v) is 7.51. The molecule has 7 nitrogen and oxygen atoms in total. The summed E-state index contributed by atoms with van der Waals surface area (Å²) >= 11 is 12.1. The molecular formula is C22H16Cl2FN7. The van der Waals surface area contributed by atoms with Crippen LogP contribution in [0.3, 0.4) is 0 Å². The number of hydrogen-bond donors (Lipinski definition) is 2. The van der Waals surface area contributed by atoms with Gasteiger partial charge in [0.2, 0.25) is 11.9 Å². The number of aryl methyl sites for hydroxylation is 1. The molecule has 0 aliphatic carbocycles. The van der Waals surface area contributed by atoms with Crippen LogP contribution in [0.15, 0.2) is 65.9 Å². The summed E-state index contributed by atoms with van der Waals surface area (Å²) in [7, 11) is 0. The number of pyridine rings is 1. The number of nitrogens with one attached hydrogen (secondary N) is 2. The number of halogens is 3. The molecule has 2 heterocycles. The van der Waals surface area contributed by atoms with E-state index < -0.39 is 5.82 Å². The molecule has 10 heteroatoms. The predicted octanol–water partition coefficient (Wildman–Crippen LogP) is 5.88. The van der Waals surface area contributed by atoms with Gasteiger partial charge < -0.3 is 5.32 Å². The van der Waals surface area contributed by atoms with Gasteiger partial charge in [-0.05, 0) is 36.8 Å². The third-order valence-corrected chi connectivity index (χ3v) is 4.78. The molecule has 4 rings (SSSR count). The van der Waals surface area contributed by atoms with Crippen LogP contribution in [0.4, 0.5) is 22.1 Å². The number of aromatic nitrogens is 4. The van der Waals surface area contributed by atoms with E-state index in [4.69, 9.17) is 23.2 Å². The van der Waals surface area contributed by atoms with Crippen molar-refractivity contribution in [2.24, 2.45) is 5.10 Å². The Bertz CT molecular complexity index is 1240. The maximum absolute atomic E-state index is 14.5. The lowest BCUT2D eigenvalue weighted by Gasteiger charge is -2.10. The smallest absolute Gasteiger partial charge is 0.248 e. The van der Waals surface area contributed by atoms with E-state index in [2.05, 4.69) is 35.8 Å². The average molecular weight is 468 g/mol.